The van der Waals surface area contributed by atoms with Crippen molar-refractivity contribution < 1.29 is 8.42 Å². The van der Waals surface area contributed by atoms with Crippen LogP contribution in [0.1, 0.15) is 19.3 Å². The van der Waals surface area contributed by atoms with Crippen LogP contribution in [0.3, 0.4) is 0 Å². The predicted octanol–water partition coefficient (Wildman–Crippen LogP) is 2.67. The van der Waals surface area contributed by atoms with E-state index in [1.807, 2.05) is 0 Å². The summed E-state index contributed by atoms with van der Waals surface area (Å²) in [6.45, 7) is 0.466. The van der Waals surface area contributed by atoms with Gasteiger partial charge in [-0.05, 0) is 59.3 Å². The smallest absolute Gasteiger partial charge is 0.241 e. The average molecular weight is 345 g/mol. The van der Waals surface area contributed by atoms with Crippen LogP contribution in [0.15, 0.2) is 39.7 Å². The third-order valence-electron chi connectivity index (χ3n) is 3.18. The quantitative estimate of drug-likeness (QED) is 0.651. The van der Waals surface area contributed by atoms with Crippen LogP contribution >= 0.6 is 15.9 Å². The topological polar surface area (TPSA) is 72.2 Å². The first-order chi connectivity index (χ1) is 8.99. The van der Waals surface area contributed by atoms with Crippen LogP contribution < -0.4 is 10.5 Å². The van der Waals surface area contributed by atoms with Crippen LogP contribution in [0.5, 0.6) is 0 Å². The summed E-state index contributed by atoms with van der Waals surface area (Å²) >= 11 is 3.25. The third kappa shape index (κ3) is 3.81. The van der Waals surface area contributed by atoms with Crippen LogP contribution in [0, 0.1) is 5.92 Å². The summed E-state index contributed by atoms with van der Waals surface area (Å²) in [6.07, 6.45) is 7.23. The number of hydrogen-bond donors (Lipinski definition) is 2. The Balaban J connectivity index is 2.09. The standard InChI is InChI=1S/C13H17BrN2O2S/c14-12-7-6-11(15)8-13(12)19(17,18)16-9-10-4-2-1-3-5-10/h1-2,6-8,10,16H,3-5,9,15H2. The van der Waals surface area contributed by atoms with E-state index in [0.717, 1.165) is 19.3 Å². The largest absolute Gasteiger partial charge is 0.399 e. The molecule has 1 aromatic carbocycles. The first-order valence-electron chi connectivity index (χ1n) is 6.19. The number of halogens is 1. The first kappa shape index (κ1) is 14.6. The van der Waals surface area contributed by atoms with Crippen molar-refractivity contribution in [2.45, 2.75) is 24.2 Å². The van der Waals surface area contributed by atoms with Crippen molar-refractivity contribution in [2.24, 2.45) is 5.92 Å². The molecule has 1 aliphatic carbocycles. The first-order valence-corrected chi connectivity index (χ1v) is 8.46. The molecule has 1 unspecified atom stereocenters. The molecule has 3 N–H and O–H groups in total. The predicted molar refractivity (Wildman–Crippen MR) is 80.2 cm³/mol. The van der Waals surface area contributed by atoms with E-state index in [4.69, 9.17) is 5.73 Å². The number of benzene rings is 1. The summed E-state index contributed by atoms with van der Waals surface area (Å²) in [4.78, 5) is 0.193. The zero-order chi connectivity index (χ0) is 13.9. The fraction of sp³-hybridized carbons (Fsp3) is 0.385. The number of hydrogen-bond acceptors (Lipinski definition) is 3. The normalized spacial score (nSPS) is 19.5. The molecule has 0 saturated heterocycles. The average Bonchev–Trinajstić information content (AvgIpc) is 2.40. The number of rotatable bonds is 4. The van der Waals surface area contributed by atoms with Crippen LogP contribution in [0.25, 0.3) is 0 Å². The van der Waals surface area contributed by atoms with E-state index >= 15 is 0 Å². The van der Waals surface area contributed by atoms with Crippen LogP contribution in [-0.2, 0) is 10.0 Å². The molecular weight excluding hydrogens is 328 g/mol. The fourth-order valence-electron chi connectivity index (χ4n) is 2.07. The van der Waals surface area contributed by atoms with Gasteiger partial charge in [-0.25, -0.2) is 13.1 Å². The minimum Gasteiger partial charge on any atom is -0.399 e. The molecule has 1 aromatic rings. The molecule has 19 heavy (non-hydrogen) atoms. The van der Waals surface area contributed by atoms with Crippen molar-refractivity contribution in [3.8, 4) is 0 Å². The second kappa shape index (κ2) is 6.07. The Morgan fingerprint density at radius 3 is 2.84 bits per heavy atom. The molecule has 1 atom stereocenters. The van der Waals surface area contributed by atoms with Gasteiger partial charge in [-0.15, -0.1) is 0 Å². The molecule has 104 valence electrons. The molecule has 0 radical (unpaired) electrons. The number of sulfonamides is 1. The Hall–Kier alpha value is -0.850. The van der Waals surface area contributed by atoms with Crippen molar-refractivity contribution in [2.75, 3.05) is 12.3 Å². The Morgan fingerprint density at radius 1 is 1.37 bits per heavy atom. The minimum atomic E-state index is -3.51. The molecule has 0 saturated carbocycles. The summed E-state index contributed by atoms with van der Waals surface area (Å²) in [5, 5.41) is 0. The van der Waals surface area contributed by atoms with Crippen molar-refractivity contribution in [3.05, 3.63) is 34.8 Å². The highest BCUT2D eigenvalue weighted by Crippen LogP contribution is 2.25. The molecule has 6 heteroatoms. The molecule has 0 heterocycles. The monoisotopic (exact) mass is 344 g/mol. The van der Waals surface area contributed by atoms with E-state index in [9.17, 15) is 8.42 Å². The van der Waals surface area contributed by atoms with E-state index < -0.39 is 10.0 Å². The number of nitrogens with one attached hydrogen (secondary N) is 1. The van der Waals surface area contributed by atoms with Gasteiger partial charge in [0.2, 0.25) is 10.0 Å². The summed E-state index contributed by atoms with van der Waals surface area (Å²) in [7, 11) is -3.51. The lowest BCUT2D eigenvalue weighted by atomic mass is 9.95. The lowest BCUT2D eigenvalue weighted by molar-refractivity contribution is 0.468. The molecule has 0 spiro atoms. The van der Waals surface area contributed by atoms with Gasteiger partial charge < -0.3 is 5.73 Å². The molecule has 1 aliphatic rings. The van der Waals surface area contributed by atoms with Gasteiger partial charge in [0, 0.05) is 16.7 Å². The summed E-state index contributed by atoms with van der Waals surface area (Å²) in [5.74, 6) is 0.375. The van der Waals surface area contributed by atoms with Crippen LogP contribution in [-0.4, -0.2) is 15.0 Å². The van der Waals surface area contributed by atoms with E-state index in [-0.39, 0.29) is 4.90 Å². The molecule has 0 aromatic heterocycles. The van der Waals surface area contributed by atoms with Crippen molar-refractivity contribution >= 4 is 31.6 Å². The molecule has 0 bridgehead atoms. The van der Waals surface area contributed by atoms with Gasteiger partial charge in [0.05, 0.1) is 4.90 Å². The number of allylic oxidation sites excluding steroid dienone is 2. The number of nitrogen functional groups attached to an aromatic ring is 1. The van der Waals surface area contributed by atoms with Gasteiger partial charge in [-0.3, -0.25) is 0 Å². The second-order valence-electron chi connectivity index (χ2n) is 4.69. The Morgan fingerprint density at radius 2 is 2.16 bits per heavy atom. The summed E-state index contributed by atoms with van der Waals surface area (Å²) < 4.78 is 27.7. The van der Waals surface area contributed by atoms with Crippen LogP contribution in [0.2, 0.25) is 0 Å². The zero-order valence-electron chi connectivity index (χ0n) is 10.5. The second-order valence-corrected chi connectivity index (χ2v) is 7.28. The molecule has 0 amide bonds. The van der Waals surface area contributed by atoms with Crippen molar-refractivity contribution in [3.63, 3.8) is 0 Å². The highest BCUT2D eigenvalue weighted by molar-refractivity contribution is 9.10. The molecule has 4 nitrogen and oxygen atoms in total. The highest BCUT2D eigenvalue weighted by atomic mass is 79.9. The molecule has 2 rings (SSSR count). The van der Waals surface area contributed by atoms with E-state index in [1.165, 1.54) is 6.07 Å². The maximum absolute atomic E-state index is 12.2. The highest BCUT2D eigenvalue weighted by Gasteiger charge is 2.20. The molecular formula is C13H17BrN2O2S. The lowest BCUT2D eigenvalue weighted by Crippen LogP contribution is -2.30. The van der Waals surface area contributed by atoms with E-state index in [2.05, 4.69) is 32.8 Å². The number of nitrogens with two attached hydrogens (primary N) is 1. The van der Waals surface area contributed by atoms with Gasteiger partial charge in [0.15, 0.2) is 0 Å². The molecule has 0 aliphatic heterocycles. The van der Waals surface area contributed by atoms with E-state index in [0.29, 0.717) is 22.6 Å². The van der Waals surface area contributed by atoms with Gasteiger partial charge in [0.1, 0.15) is 0 Å². The van der Waals surface area contributed by atoms with Gasteiger partial charge in [-0.2, -0.15) is 0 Å². The maximum Gasteiger partial charge on any atom is 0.241 e. The minimum absolute atomic E-state index is 0.193. The third-order valence-corrected chi connectivity index (χ3v) is 5.60. The molecule has 0 fully saturated rings. The van der Waals surface area contributed by atoms with E-state index in [1.54, 1.807) is 12.1 Å². The Kier molecular flexibility index (Phi) is 4.65. The number of anilines is 1. The van der Waals surface area contributed by atoms with Gasteiger partial charge >= 0.3 is 0 Å². The van der Waals surface area contributed by atoms with Crippen molar-refractivity contribution in [1.29, 1.82) is 0 Å². The summed E-state index contributed by atoms with van der Waals surface area (Å²) in [5.41, 5.74) is 6.08. The van der Waals surface area contributed by atoms with Crippen LogP contribution in [0.4, 0.5) is 5.69 Å². The van der Waals surface area contributed by atoms with Crippen molar-refractivity contribution in [1.82, 2.24) is 4.72 Å². The Labute approximate surface area is 122 Å². The van der Waals surface area contributed by atoms with Gasteiger partial charge in [0.25, 0.3) is 0 Å². The Bertz CT molecular complexity index is 584. The fourth-order valence-corrected chi connectivity index (χ4v) is 4.19. The zero-order valence-corrected chi connectivity index (χ0v) is 12.9. The summed E-state index contributed by atoms with van der Waals surface area (Å²) in [6, 6.07) is 4.77. The SMILES string of the molecule is Nc1ccc(Br)c(S(=O)(=O)NCC2CC=CCC2)c1. The lowest BCUT2D eigenvalue weighted by Gasteiger charge is -2.18. The maximum atomic E-state index is 12.2. The van der Waals surface area contributed by atoms with Gasteiger partial charge in [-0.1, -0.05) is 12.2 Å².